The maximum Gasteiger partial charge on any atom is 0.327 e. The second-order valence-corrected chi connectivity index (χ2v) is 1.92. The smallest absolute Gasteiger partial charge is 0.327 e. The lowest BCUT2D eigenvalue weighted by Gasteiger charge is -1.99. The summed E-state index contributed by atoms with van der Waals surface area (Å²) >= 11 is 0. The van der Waals surface area contributed by atoms with Crippen molar-refractivity contribution < 1.29 is 19.8 Å². The van der Waals surface area contributed by atoms with Gasteiger partial charge >= 0.3 is 11.9 Å². The van der Waals surface area contributed by atoms with Gasteiger partial charge in [-0.2, -0.15) is 0 Å². The Hall–Kier alpha value is -1.36. The molecule has 0 aliphatic heterocycles. The minimum Gasteiger partial charge on any atom is -0.480 e. The molecule has 0 heterocycles. The molecule has 0 aromatic carbocycles. The molecule has 1 atom stereocenters. The van der Waals surface area contributed by atoms with Crippen LogP contribution in [0.25, 0.3) is 0 Å². The van der Waals surface area contributed by atoms with Crippen LogP contribution >= 0.6 is 0 Å². The Morgan fingerprint density at radius 3 is 2.36 bits per heavy atom. The lowest BCUT2D eigenvalue weighted by Crippen LogP contribution is -2.29. The van der Waals surface area contributed by atoms with Gasteiger partial charge in [0.2, 0.25) is 0 Å². The van der Waals surface area contributed by atoms with Gasteiger partial charge in [-0.25, -0.2) is 4.79 Å². The van der Waals surface area contributed by atoms with Crippen molar-refractivity contribution in [1.29, 1.82) is 0 Å². The molecule has 0 rings (SSSR count). The molecule has 0 aliphatic rings. The first-order valence-electron chi connectivity index (χ1n) is 2.92. The highest BCUT2D eigenvalue weighted by molar-refractivity contribution is 5.80. The van der Waals surface area contributed by atoms with E-state index in [1.807, 2.05) is 0 Å². The fraction of sp³-hybridized carbons (Fsp3) is 0.333. The quantitative estimate of drug-likeness (QED) is 0.477. The molecule has 0 radical (unpaired) electrons. The average Bonchev–Trinajstić information content (AvgIpc) is 1.86. The molecule has 0 fully saturated rings. The van der Waals surface area contributed by atoms with Gasteiger partial charge in [0, 0.05) is 6.08 Å². The summed E-state index contributed by atoms with van der Waals surface area (Å²) in [4.78, 5) is 19.9. The highest BCUT2D eigenvalue weighted by Crippen LogP contribution is 1.89. The van der Waals surface area contributed by atoms with Crippen LogP contribution in [0, 0.1) is 0 Å². The standard InChI is InChI=1S/C6H9NO4/c7-4(6(10)11)2-1-3-5(8)9/h1,3-4H,2,7H2,(H,8,9)(H,10,11)/b3-1+/t4-/m0/s1. The minimum absolute atomic E-state index is 0.0294. The Morgan fingerprint density at radius 2 is 2.00 bits per heavy atom. The van der Waals surface area contributed by atoms with Gasteiger partial charge in [-0.15, -0.1) is 0 Å². The van der Waals surface area contributed by atoms with E-state index in [-0.39, 0.29) is 6.42 Å². The van der Waals surface area contributed by atoms with Crippen LogP contribution in [0.4, 0.5) is 0 Å². The van der Waals surface area contributed by atoms with Gasteiger partial charge in [0.05, 0.1) is 0 Å². The van der Waals surface area contributed by atoms with Crippen molar-refractivity contribution in [2.24, 2.45) is 5.73 Å². The molecule has 5 heteroatoms. The van der Waals surface area contributed by atoms with Crippen LogP contribution in [0.15, 0.2) is 12.2 Å². The first kappa shape index (κ1) is 9.64. The number of rotatable bonds is 4. The number of carboxylic acids is 2. The van der Waals surface area contributed by atoms with Gasteiger partial charge in [-0.05, 0) is 6.42 Å². The highest BCUT2D eigenvalue weighted by atomic mass is 16.4. The van der Waals surface area contributed by atoms with E-state index >= 15 is 0 Å². The molecule has 0 unspecified atom stereocenters. The van der Waals surface area contributed by atoms with Crippen molar-refractivity contribution in [1.82, 2.24) is 0 Å². The topological polar surface area (TPSA) is 101 Å². The first-order chi connectivity index (χ1) is 5.04. The van der Waals surface area contributed by atoms with Crippen LogP contribution in [0.5, 0.6) is 0 Å². The Morgan fingerprint density at radius 1 is 1.45 bits per heavy atom. The van der Waals surface area contributed by atoms with Crippen LogP contribution in [-0.2, 0) is 9.59 Å². The lowest BCUT2D eigenvalue weighted by molar-refractivity contribution is -0.138. The van der Waals surface area contributed by atoms with Gasteiger partial charge in [0.25, 0.3) is 0 Å². The molecule has 0 aromatic rings. The molecular weight excluding hydrogens is 150 g/mol. The second kappa shape index (κ2) is 4.45. The molecule has 11 heavy (non-hydrogen) atoms. The van der Waals surface area contributed by atoms with Crippen molar-refractivity contribution in [3.63, 3.8) is 0 Å². The third-order valence-electron chi connectivity index (χ3n) is 0.968. The summed E-state index contributed by atoms with van der Waals surface area (Å²) in [6.07, 6.45) is 2.10. The van der Waals surface area contributed by atoms with Crippen molar-refractivity contribution in [2.75, 3.05) is 0 Å². The normalized spacial score (nSPS) is 13.2. The fourth-order valence-corrected chi connectivity index (χ4v) is 0.416. The summed E-state index contributed by atoms with van der Waals surface area (Å²) in [6.45, 7) is 0. The number of carbonyl (C=O) groups is 2. The summed E-state index contributed by atoms with van der Waals surface area (Å²) in [5.41, 5.74) is 5.06. The van der Waals surface area contributed by atoms with E-state index in [1.165, 1.54) is 6.08 Å². The Kier molecular flexibility index (Phi) is 3.90. The molecule has 0 saturated carbocycles. The molecule has 0 spiro atoms. The van der Waals surface area contributed by atoms with Gasteiger partial charge < -0.3 is 15.9 Å². The summed E-state index contributed by atoms with van der Waals surface area (Å²) in [6, 6.07) is -1.02. The van der Waals surface area contributed by atoms with E-state index in [4.69, 9.17) is 15.9 Å². The van der Waals surface area contributed by atoms with E-state index in [2.05, 4.69) is 0 Å². The van der Waals surface area contributed by atoms with E-state index in [0.717, 1.165) is 6.08 Å². The molecular formula is C6H9NO4. The molecule has 0 bridgehead atoms. The van der Waals surface area contributed by atoms with Crippen LogP contribution < -0.4 is 5.73 Å². The number of carboxylic acid groups (broad SMARTS) is 2. The molecule has 4 N–H and O–H groups in total. The van der Waals surface area contributed by atoms with E-state index in [1.54, 1.807) is 0 Å². The largest absolute Gasteiger partial charge is 0.480 e. The van der Waals surface area contributed by atoms with Crippen LogP contribution in [0.2, 0.25) is 0 Å². The predicted octanol–water partition coefficient (Wildman–Crippen LogP) is -0.571. The first-order valence-corrected chi connectivity index (χ1v) is 2.92. The predicted molar refractivity (Wildman–Crippen MR) is 37.0 cm³/mol. The summed E-state index contributed by atoms with van der Waals surface area (Å²) in [5, 5.41) is 16.3. The van der Waals surface area contributed by atoms with Gasteiger partial charge in [-0.3, -0.25) is 4.79 Å². The highest BCUT2D eigenvalue weighted by Gasteiger charge is 2.07. The van der Waals surface area contributed by atoms with Crippen LogP contribution in [-0.4, -0.2) is 28.2 Å². The number of aliphatic carboxylic acids is 2. The average molecular weight is 159 g/mol. The molecule has 0 aromatic heterocycles. The zero-order chi connectivity index (χ0) is 8.85. The van der Waals surface area contributed by atoms with Crippen molar-refractivity contribution >= 4 is 11.9 Å². The van der Waals surface area contributed by atoms with Crippen LogP contribution in [0.3, 0.4) is 0 Å². The SMILES string of the molecule is N[C@@H](C/C=C/C(=O)O)C(=O)O. The van der Waals surface area contributed by atoms with Crippen molar-refractivity contribution in [2.45, 2.75) is 12.5 Å². The minimum atomic E-state index is -1.14. The van der Waals surface area contributed by atoms with E-state index in [9.17, 15) is 9.59 Å². The Bertz CT molecular complexity index is 187. The zero-order valence-electron chi connectivity index (χ0n) is 5.73. The third kappa shape index (κ3) is 5.10. The second-order valence-electron chi connectivity index (χ2n) is 1.92. The maximum absolute atomic E-state index is 10.1. The zero-order valence-corrected chi connectivity index (χ0v) is 5.73. The third-order valence-corrected chi connectivity index (χ3v) is 0.968. The number of hydrogen-bond acceptors (Lipinski definition) is 3. The molecule has 0 aliphatic carbocycles. The van der Waals surface area contributed by atoms with Gasteiger partial charge in [0.1, 0.15) is 6.04 Å². The van der Waals surface area contributed by atoms with Gasteiger partial charge in [-0.1, -0.05) is 6.08 Å². The van der Waals surface area contributed by atoms with E-state index in [0.29, 0.717) is 0 Å². The monoisotopic (exact) mass is 159 g/mol. The number of nitrogens with two attached hydrogens (primary N) is 1. The maximum atomic E-state index is 10.1. The van der Waals surface area contributed by atoms with Crippen LogP contribution in [0.1, 0.15) is 6.42 Å². The summed E-state index contributed by atoms with van der Waals surface area (Å²) in [7, 11) is 0. The van der Waals surface area contributed by atoms with E-state index < -0.39 is 18.0 Å². The molecule has 0 amide bonds. The van der Waals surface area contributed by atoms with Crippen molar-refractivity contribution in [3.8, 4) is 0 Å². The lowest BCUT2D eigenvalue weighted by atomic mass is 10.2. The molecule has 0 saturated heterocycles. The summed E-state index contributed by atoms with van der Waals surface area (Å²) in [5.74, 6) is -2.25. The molecule has 62 valence electrons. The fourth-order valence-electron chi connectivity index (χ4n) is 0.416. The molecule has 5 nitrogen and oxygen atoms in total. The van der Waals surface area contributed by atoms with Crippen molar-refractivity contribution in [3.05, 3.63) is 12.2 Å². The van der Waals surface area contributed by atoms with Gasteiger partial charge in [0.15, 0.2) is 0 Å². The number of hydrogen-bond donors (Lipinski definition) is 3. The Labute approximate surface area is 63.1 Å². The summed E-state index contributed by atoms with van der Waals surface area (Å²) < 4.78 is 0. The Balaban J connectivity index is 3.70.